The van der Waals surface area contributed by atoms with Crippen molar-refractivity contribution in [2.75, 3.05) is 0 Å². The molecular formula is C8H5F3O3. The van der Waals surface area contributed by atoms with Gasteiger partial charge in [-0.25, -0.2) is 0 Å². The molecule has 0 atom stereocenters. The van der Waals surface area contributed by atoms with E-state index >= 15 is 0 Å². The summed E-state index contributed by atoms with van der Waals surface area (Å²) >= 11 is 0. The van der Waals surface area contributed by atoms with Gasteiger partial charge >= 0.3 is 6.18 Å². The normalized spacial score (nSPS) is 11.4. The van der Waals surface area contributed by atoms with Crippen LogP contribution in [0.2, 0.25) is 0 Å². The van der Waals surface area contributed by atoms with Crippen molar-refractivity contribution in [2.45, 2.75) is 12.6 Å². The number of carbonyl (C=O) groups is 2. The first-order valence-electron chi connectivity index (χ1n) is 3.56. The molecule has 0 aromatic carbocycles. The average molecular weight is 206 g/mol. The smallest absolute Gasteiger partial charge is 0.450 e. The van der Waals surface area contributed by atoms with Crippen molar-refractivity contribution < 1.29 is 27.2 Å². The number of ketones is 2. The number of Topliss-reactive ketones (excluding diaryl/α,β-unsaturated/α-hetero) is 2. The van der Waals surface area contributed by atoms with Gasteiger partial charge in [-0.3, -0.25) is 9.59 Å². The molecule has 0 saturated heterocycles. The van der Waals surface area contributed by atoms with E-state index in [0.717, 1.165) is 12.5 Å². The van der Waals surface area contributed by atoms with Gasteiger partial charge < -0.3 is 4.42 Å². The predicted molar refractivity (Wildman–Crippen MR) is 38.7 cm³/mol. The average Bonchev–Trinajstić information content (AvgIpc) is 2.53. The maximum atomic E-state index is 11.7. The molecule has 1 aromatic rings. The van der Waals surface area contributed by atoms with Crippen LogP contribution in [0.4, 0.5) is 13.2 Å². The molecule has 0 saturated carbocycles. The first kappa shape index (κ1) is 10.5. The van der Waals surface area contributed by atoms with Crippen LogP contribution in [0.5, 0.6) is 0 Å². The molecule has 0 aliphatic rings. The Balaban J connectivity index is 2.63. The third-order valence-electron chi connectivity index (χ3n) is 1.48. The van der Waals surface area contributed by atoms with Crippen LogP contribution >= 0.6 is 0 Å². The lowest BCUT2D eigenvalue weighted by Crippen LogP contribution is -2.25. The molecule has 0 aliphatic carbocycles. The number of alkyl halides is 3. The monoisotopic (exact) mass is 206 g/mol. The highest BCUT2D eigenvalue weighted by Gasteiger charge is 2.39. The van der Waals surface area contributed by atoms with Crippen molar-refractivity contribution >= 4 is 11.6 Å². The van der Waals surface area contributed by atoms with E-state index in [9.17, 15) is 22.8 Å². The number of carbonyl (C=O) groups excluding carboxylic acids is 2. The summed E-state index contributed by atoms with van der Waals surface area (Å²) in [5.41, 5.74) is -0.0393. The molecule has 0 aliphatic heterocycles. The molecule has 0 amide bonds. The van der Waals surface area contributed by atoms with Gasteiger partial charge in [-0.05, 0) is 6.07 Å². The number of hydrogen-bond acceptors (Lipinski definition) is 3. The highest BCUT2D eigenvalue weighted by molar-refractivity contribution is 6.09. The Hall–Kier alpha value is -1.59. The molecule has 0 spiro atoms. The van der Waals surface area contributed by atoms with Gasteiger partial charge in [-0.1, -0.05) is 0 Å². The first-order valence-corrected chi connectivity index (χ1v) is 3.56. The molecule has 0 unspecified atom stereocenters. The van der Waals surface area contributed by atoms with Crippen LogP contribution in [0, 0.1) is 0 Å². The van der Waals surface area contributed by atoms with E-state index in [2.05, 4.69) is 4.42 Å². The van der Waals surface area contributed by atoms with Crippen LogP contribution in [0.3, 0.4) is 0 Å². The minimum absolute atomic E-state index is 0.0393. The first-order chi connectivity index (χ1) is 6.41. The molecule has 0 N–H and O–H groups in total. The highest BCUT2D eigenvalue weighted by atomic mass is 19.4. The Kier molecular flexibility index (Phi) is 2.73. The number of halogens is 3. The molecule has 14 heavy (non-hydrogen) atoms. The van der Waals surface area contributed by atoms with Crippen molar-refractivity contribution in [2.24, 2.45) is 0 Å². The third-order valence-corrected chi connectivity index (χ3v) is 1.48. The van der Waals surface area contributed by atoms with Crippen LogP contribution in [0.15, 0.2) is 23.0 Å². The van der Waals surface area contributed by atoms with Crippen molar-refractivity contribution in [3.05, 3.63) is 24.2 Å². The van der Waals surface area contributed by atoms with Gasteiger partial charge in [-0.15, -0.1) is 0 Å². The van der Waals surface area contributed by atoms with Crippen molar-refractivity contribution in [3.8, 4) is 0 Å². The lowest BCUT2D eigenvalue weighted by atomic mass is 10.1. The summed E-state index contributed by atoms with van der Waals surface area (Å²) in [6.45, 7) is 0. The van der Waals surface area contributed by atoms with Gasteiger partial charge in [0.15, 0.2) is 5.78 Å². The summed E-state index contributed by atoms with van der Waals surface area (Å²) in [5.74, 6) is -2.95. The quantitative estimate of drug-likeness (QED) is 0.561. The van der Waals surface area contributed by atoms with Crippen molar-refractivity contribution in [1.82, 2.24) is 0 Å². The van der Waals surface area contributed by atoms with Gasteiger partial charge in [-0.2, -0.15) is 13.2 Å². The summed E-state index contributed by atoms with van der Waals surface area (Å²) in [5, 5.41) is 0. The fourth-order valence-corrected chi connectivity index (χ4v) is 0.771. The number of rotatable bonds is 3. The fourth-order valence-electron chi connectivity index (χ4n) is 0.771. The van der Waals surface area contributed by atoms with Gasteiger partial charge in [0.05, 0.1) is 18.2 Å². The Morgan fingerprint density at radius 1 is 1.36 bits per heavy atom. The molecule has 1 aromatic heterocycles. The zero-order chi connectivity index (χ0) is 10.8. The van der Waals surface area contributed by atoms with Crippen molar-refractivity contribution in [3.63, 3.8) is 0 Å². The lowest BCUT2D eigenvalue weighted by molar-refractivity contribution is -0.170. The molecular weight excluding hydrogens is 201 g/mol. The van der Waals surface area contributed by atoms with Gasteiger partial charge in [0.1, 0.15) is 6.26 Å². The molecule has 1 rings (SSSR count). The van der Waals surface area contributed by atoms with E-state index in [1.165, 1.54) is 6.07 Å². The second-order valence-electron chi connectivity index (χ2n) is 2.53. The second kappa shape index (κ2) is 3.65. The minimum atomic E-state index is -4.96. The topological polar surface area (TPSA) is 47.3 Å². The summed E-state index contributed by atoms with van der Waals surface area (Å²) < 4.78 is 39.7. The molecule has 6 heteroatoms. The highest BCUT2D eigenvalue weighted by Crippen LogP contribution is 2.19. The summed E-state index contributed by atoms with van der Waals surface area (Å²) in [6.07, 6.45) is -4.00. The molecule has 3 nitrogen and oxygen atoms in total. The SMILES string of the molecule is O=C(CC(=O)C(F)(F)F)c1ccoc1. The maximum absolute atomic E-state index is 11.7. The van der Waals surface area contributed by atoms with E-state index in [-0.39, 0.29) is 5.56 Å². The number of furan rings is 1. The van der Waals surface area contributed by atoms with E-state index in [0.29, 0.717) is 0 Å². The van der Waals surface area contributed by atoms with Crippen LogP contribution in [0.1, 0.15) is 16.8 Å². The largest absolute Gasteiger partial charge is 0.472 e. The Labute approximate surface area is 76.5 Å². The van der Waals surface area contributed by atoms with Gasteiger partial charge in [0.25, 0.3) is 0 Å². The predicted octanol–water partition coefficient (Wildman–Crippen LogP) is 1.98. The molecule has 0 bridgehead atoms. The molecule has 76 valence electrons. The Morgan fingerprint density at radius 2 is 2.00 bits per heavy atom. The number of hydrogen-bond donors (Lipinski definition) is 0. The summed E-state index contributed by atoms with van der Waals surface area (Å²) in [7, 11) is 0. The zero-order valence-corrected chi connectivity index (χ0v) is 6.80. The van der Waals surface area contributed by atoms with Gasteiger partial charge in [0.2, 0.25) is 5.78 Å². The summed E-state index contributed by atoms with van der Waals surface area (Å²) in [4.78, 5) is 21.4. The third kappa shape index (κ3) is 2.45. The van der Waals surface area contributed by atoms with Crippen LogP contribution in [-0.2, 0) is 4.79 Å². The minimum Gasteiger partial charge on any atom is -0.472 e. The van der Waals surface area contributed by atoms with Gasteiger partial charge in [0, 0.05) is 0 Å². The lowest BCUT2D eigenvalue weighted by Gasteiger charge is -2.02. The van der Waals surface area contributed by atoms with Crippen LogP contribution in [-0.4, -0.2) is 17.7 Å². The molecule has 1 heterocycles. The standard InChI is InChI=1S/C8H5F3O3/c9-8(10,11)7(13)3-6(12)5-1-2-14-4-5/h1-2,4H,3H2. The van der Waals surface area contributed by atoms with Crippen molar-refractivity contribution in [1.29, 1.82) is 0 Å². The van der Waals surface area contributed by atoms with E-state index < -0.39 is 24.2 Å². The molecule has 0 radical (unpaired) electrons. The summed E-state index contributed by atoms with van der Waals surface area (Å²) in [6, 6.07) is 1.20. The zero-order valence-electron chi connectivity index (χ0n) is 6.80. The van der Waals surface area contributed by atoms with E-state index in [1.54, 1.807) is 0 Å². The fraction of sp³-hybridized carbons (Fsp3) is 0.250. The van der Waals surface area contributed by atoms with Crippen LogP contribution < -0.4 is 0 Å². The Bertz CT molecular complexity index is 337. The maximum Gasteiger partial charge on any atom is 0.450 e. The second-order valence-corrected chi connectivity index (χ2v) is 2.53. The van der Waals surface area contributed by atoms with Crippen LogP contribution in [0.25, 0.3) is 0 Å². The van der Waals surface area contributed by atoms with E-state index in [1.807, 2.05) is 0 Å². The van der Waals surface area contributed by atoms with E-state index in [4.69, 9.17) is 0 Å². The Morgan fingerprint density at radius 3 is 2.43 bits per heavy atom. The molecule has 0 fully saturated rings.